The summed E-state index contributed by atoms with van der Waals surface area (Å²) in [6.45, 7) is 5.41. The molecule has 0 saturated heterocycles. The highest BCUT2D eigenvalue weighted by Gasteiger charge is 2.50. The summed E-state index contributed by atoms with van der Waals surface area (Å²) < 4.78 is 54.3. The van der Waals surface area contributed by atoms with Gasteiger partial charge in [-0.1, -0.05) is 25.4 Å². The molecule has 2 aliphatic carbocycles. The zero-order valence-corrected chi connectivity index (χ0v) is 28.3. The largest absolute Gasteiger partial charge is 0.495 e. The highest BCUT2D eigenvalue weighted by atomic mass is 35.5. The van der Waals surface area contributed by atoms with Gasteiger partial charge in [0.1, 0.15) is 29.2 Å². The lowest BCUT2D eigenvalue weighted by Crippen LogP contribution is -2.43. The van der Waals surface area contributed by atoms with Crippen LogP contribution in [-0.4, -0.2) is 60.0 Å². The topological polar surface area (TPSA) is 155 Å². The number of halogens is 4. The number of carbonyl (C=O) groups is 2. The number of methoxy groups -OCH3 is 1. The number of primary amides is 1. The third kappa shape index (κ3) is 6.52. The van der Waals surface area contributed by atoms with Crippen LogP contribution in [0, 0.1) is 5.92 Å². The van der Waals surface area contributed by atoms with Crippen molar-refractivity contribution < 1.29 is 32.2 Å². The molecular formula is C35H38ClF3N6O4. The van der Waals surface area contributed by atoms with Gasteiger partial charge in [0.2, 0.25) is 11.8 Å². The van der Waals surface area contributed by atoms with E-state index in [-0.39, 0.29) is 36.1 Å². The van der Waals surface area contributed by atoms with Crippen LogP contribution in [-0.2, 0) is 10.2 Å². The standard InChI is InChI=1S/C35H38ClF3N6O4/c1-17(2)28-26(36)21(5-8-42-28)29-30-23(33(3,16-49-30)32(41)47)11-24(45-29)22(20-12-34(37,38)13-20)15-43-31(46)18-9-19(14-44-35(39)6-7-35)27(40)25(10-18)48-4/h5,8-11,14,17,20,22H,6-7,12-13,15-16,40H2,1-4H3,(H2,41,47)(H,43,46)/b44-14+/t22-,33-/m0/s1. The van der Waals surface area contributed by atoms with Crippen LogP contribution in [0.15, 0.2) is 35.5 Å². The smallest absolute Gasteiger partial charge is 0.251 e. The maximum Gasteiger partial charge on any atom is 0.251 e. The number of nitrogen functional groups attached to an aromatic ring is 1. The molecule has 2 atom stereocenters. The molecule has 0 spiro atoms. The maximum atomic E-state index is 14.3. The van der Waals surface area contributed by atoms with Gasteiger partial charge in [0.05, 0.1) is 23.5 Å². The molecule has 3 aliphatic rings. The maximum absolute atomic E-state index is 14.3. The van der Waals surface area contributed by atoms with Gasteiger partial charge in [-0.15, -0.1) is 0 Å². The van der Waals surface area contributed by atoms with Crippen LogP contribution in [0.5, 0.6) is 11.5 Å². The second kappa shape index (κ2) is 12.5. The first-order chi connectivity index (χ1) is 23.1. The van der Waals surface area contributed by atoms with Crippen molar-refractivity contribution in [3.05, 3.63) is 63.6 Å². The summed E-state index contributed by atoms with van der Waals surface area (Å²) in [7, 11) is 1.39. The quantitative estimate of drug-likeness (QED) is 0.124. The number of aromatic nitrogens is 2. The Morgan fingerprint density at radius 1 is 1.22 bits per heavy atom. The van der Waals surface area contributed by atoms with E-state index in [2.05, 4.69) is 15.3 Å². The van der Waals surface area contributed by atoms with E-state index in [0.717, 1.165) is 0 Å². The minimum absolute atomic E-state index is 0.0220. The Kier molecular flexibility index (Phi) is 8.79. The average Bonchev–Trinajstić information content (AvgIpc) is 3.68. The minimum Gasteiger partial charge on any atom is -0.495 e. The molecule has 1 aliphatic heterocycles. The van der Waals surface area contributed by atoms with Crippen LogP contribution in [0.3, 0.4) is 0 Å². The lowest BCUT2D eigenvalue weighted by atomic mass is 9.71. The summed E-state index contributed by atoms with van der Waals surface area (Å²) in [6, 6.07) is 6.25. The first-order valence-electron chi connectivity index (χ1n) is 16.1. The molecule has 2 amide bonds. The zero-order valence-electron chi connectivity index (χ0n) is 27.6. The molecule has 49 heavy (non-hydrogen) atoms. The van der Waals surface area contributed by atoms with Crippen LogP contribution in [0.2, 0.25) is 5.02 Å². The summed E-state index contributed by atoms with van der Waals surface area (Å²) >= 11 is 6.86. The molecule has 260 valence electrons. The number of benzene rings is 1. The van der Waals surface area contributed by atoms with Gasteiger partial charge in [0.25, 0.3) is 5.91 Å². The minimum atomic E-state index is -2.87. The van der Waals surface area contributed by atoms with Gasteiger partial charge in [-0.2, -0.15) is 0 Å². The number of amides is 2. The Hall–Kier alpha value is -4.39. The van der Waals surface area contributed by atoms with Crippen molar-refractivity contribution in [3.63, 3.8) is 0 Å². The van der Waals surface area contributed by atoms with Gasteiger partial charge in [0, 0.05) is 78.5 Å². The Balaban J connectivity index is 1.40. The van der Waals surface area contributed by atoms with Crippen LogP contribution >= 0.6 is 11.6 Å². The number of alkyl halides is 3. The molecule has 10 nitrogen and oxygen atoms in total. The second-order valence-corrected chi connectivity index (χ2v) is 14.0. The van der Waals surface area contributed by atoms with E-state index >= 15 is 0 Å². The molecule has 2 fully saturated rings. The highest BCUT2D eigenvalue weighted by Crippen LogP contribution is 2.52. The number of aliphatic imine (C=N–C) groups is 1. The molecule has 14 heteroatoms. The van der Waals surface area contributed by atoms with E-state index in [1.54, 1.807) is 25.3 Å². The van der Waals surface area contributed by atoms with Crippen molar-refractivity contribution in [2.24, 2.45) is 16.6 Å². The van der Waals surface area contributed by atoms with Gasteiger partial charge in [-0.3, -0.25) is 19.6 Å². The molecule has 6 rings (SSSR count). The molecule has 0 unspecified atom stereocenters. The fourth-order valence-corrected chi connectivity index (χ4v) is 6.73. The van der Waals surface area contributed by atoms with E-state index in [1.807, 2.05) is 13.8 Å². The van der Waals surface area contributed by atoms with Crippen molar-refractivity contribution >= 4 is 35.3 Å². The van der Waals surface area contributed by atoms with Gasteiger partial charge in [0.15, 0.2) is 5.79 Å². The molecule has 0 bridgehead atoms. The third-order valence-electron chi connectivity index (χ3n) is 9.66. The Bertz CT molecular complexity index is 1860. The molecule has 3 heterocycles. The predicted molar refractivity (Wildman–Crippen MR) is 179 cm³/mol. The second-order valence-electron chi connectivity index (χ2n) is 13.7. The van der Waals surface area contributed by atoms with Crippen LogP contribution in [0.1, 0.15) is 91.2 Å². The fraction of sp³-hybridized carbons (Fsp3) is 0.457. The van der Waals surface area contributed by atoms with Crippen LogP contribution in [0.25, 0.3) is 11.3 Å². The number of ether oxygens (including phenoxy) is 2. The van der Waals surface area contributed by atoms with Crippen molar-refractivity contribution in [2.45, 2.75) is 75.4 Å². The Morgan fingerprint density at radius 3 is 2.55 bits per heavy atom. The number of hydrogen-bond acceptors (Lipinski definition) is 8. The molecule has 2 aromatic heterocycles. The summed E-state index contributed by atoms with van der Waals surface area (Å²) in [5, 5.41) is 3.21. The average molecular weight is 699 g/mol. The first kappa shape index (κ1) is 34.5. The predicted octanol–water partition coefficient (Wildman–Crippen LogP) is 6.08. The number of rotatable bonds is 11. The number of pyridine rings is 2. The number of nitrogens with zero attached hydrogens (tertiary/aromatic N) is 3. The van der Waals surface area contributed by atoms with Crippen molar-refractivity contribution in [2.75, 3.05) is 26.0 Å². The summed E-state index contributed by atoms with van der Waals surface area (Å²) in [5.41, 5.74) is 13.7. The molecule has 1 aromatic carbocycles. The number of nitrogens with one attached hydrogen (secondary N) is 1. The monoisotopic (exact) mass is 698 g/mol. The number of hydrogen-bond donors (Lipinski definition) is 3. The van der Waals surface area contributed by atoms with E-state index in [0.29, 0.717) is 57.4 Å². The number of nitrogens with two attached hydrogens (primary N) is 2. The zero-order chi connectivity index (χ0) is 35.5. The van der Waals surface area contributed by atoms with E-state index in [4.69, 9.17) is 37.5 Å². The highest BCUT2D eigenvalue weighted by molar-refractivity contribution is 6.34. The normalized spacial score (nSPS) is 21.2. The van der Waals surface area contributed by atoms with Gasteiger partial charge in [-0.25, -0.2) is 18.2 Å². The van der Waals surface area contributed by atoms with Crippen molar-refractivity contribution in [1.82, 2.24) is 15.3 Å². The summed E-state index contributed by atoms with van der Waals surface area (Å²) in [4.78, 5) is 39.7. The fourth-order valence-electron chi connectivity index (χ4n) is 6.31. The van der Waals surface area contributed by atoms with Crippen molar-refractivity contribution in [1.29, 1.82) is 0 Å². The van der Waals surface area contributed by atoms with Gasteiger partial charge < -0.3 is 26.3 Å². The van der Waals surface area contributed by atoms with E-state index in [1.165, 1.54) is 25.5 Å². The summed E-state index contributed by atoms with van der Waals surface area (Å²) in [5.74, 6) is -6.45. The molecule has 2 saturated carbocycles. The lowest BCUT2D eigenvalue weighted by Gasteiger charge is -2.40. The van der Waals surface area contributed by atoms with E-state index in [9.17, 15) is 22.8 Å². The third-order valence-corrected chi connectivity index (χ3v) is 10.1. The van der Waals surface area contributed by atoms with Gasteiger partial charge in [-0.05, 0) is 43.0 Å². The number of carbonyl (C=O) groups excluding carboxylic acids is 2. The lowest BCUT2D eigenvalue weighted by molar-refractivity contribution is -0.123. The van der Waals surface area contributed by atoms with Crippen molar-refractivity contribution in [3.8, 4) is 22.8 Å². The van der Waals surface area contributed by atoms with Gasteiger partial charge >= 0.3 is 0 Å². The molecular weight excluding hydrogens is 661 g/mol. The number of fused-ring (bicyclic) bond motifs is 1. The van der Waals surface area contributed by atoms with E-state index < -0.39 is 53.6 Å². The van der Waals surface area contributed by atoms with Crippen LogP contribution in [0.4, 0.5) is 18.9 Å². The Labute approximate surface area is 286 Å². The molecule has 3 aromatic rings. The molecule has 5 N–H and O–H groups in total. The van der Waals surface area contributed by atoms with Crippen LogP contribution < -0.4 is 26.3 Å². The molecule has 0 radical (unpaired) electrons. The number of anilines is 1. The SMILES string of the molecule is COc1cc(C(=O)NC[C@H](c2cc3c(c(-c4ccnc(C(C)C)c4Cl)n2)OC[C@]3(C)C(N)=O)C2CC(F)(F)C2)cc(/C=N/C2(F)CC2)c1N. The Morgan fingerprint density at radius 2 is 1.94 bits per heavy atom. The summed E-state index contributed by atoms with van der Waals surface area (Å²) in [6.07, 6.45) is 2.65. The first-order valence-corrected chi connectivity index (χ1v) is 16.4.